The van der Waals surface area contributed by atoms with Crippen LogP contribution in [0.2, 0.25) is 0 Å². The molecule has 6 nitrogen and oxygen atoms in total. The Bertz CT molecular complexity index is 678. The van der Waals surface area contributed by atoms with E-state index in [0.717, 1.165) is 18.4 Å². The molecule has 1 spiro atoms. The molecule has 4 rings (SSSR count). The number of anilines is 1. The summed E-state index contributed by atoms with van der Waals surface area (Å²) in [5, 5.41) is 2.90. The van der Waals surface area contributed by atoms with Gasteiger partial charge in [-0.3, -0.25) is 4.79 Å². The number of carbonyl (C=O) groups is 2. The van der Waals surface area contributed by atoms with Gasteiger partial charge >= 0.3 is 6.03 Å². The number of nitrogens with one attached hydrogen (secondary N) is 1. The van der Waals surface area contributed by atoms with Gasteiger partial charge in [-0.15, -0.1) is 0 Å². The Labute approximate surface area is 153 Å². The fourth-order valence-corrected chi connectivity index (χ4v) is 4.14. The molecule has 0 atom stereocenters. The largest absolute Gasteiger partial charge is 0.381 e. The molecule has 1 aromatic rings. The lowest BCUT2D eigenvalue weighted by Crippen LogP contribution is -2.51. The Balaban J connectivity index is 1.47. The number of hydrogen-bond donors (Lipinski definition) is 1. The van der Waals surface area contributed by atoms with Gasteiger partial charge in [0.2, 0.25) is 0 Å². The second-order valence-electron chi connectivity index (χ2n) is 7.51. The van der Waals surface area contributed by atoms with Crippen LogP contribution in [0.1, 0.15) is 50.5 Å². The number of rotatable bonds is 4. The molecule has 2 saturated heterocycles. The van der Waals surface area contributed by atoms with Crippen molar-refractivity contribution in [3.8, 4) is 0 Å². The van der Waals surface area contributed by atoms with E-state index in [1.54, 1.807) is 6.07 Å². The number of benzene rings is 1. The number of hydrogen-bond acceptors (Lipinski definition) is 4. The maximum Gasteiger partial charge on any atom is 0.329 e. The minimum atomic E-state index is -0.802. The lowest BCUT2D eigenvalue weighted by atomic mass is 9.90. The van der Waals surface area contributed by atoms with Gasteiger partial charge in [0.1, 0.15) is 5.54 Å². The third kappa shape index (κ3) is 3.35. The minimum absolute atomic E-state index is 0.170. The first-order chi connectivity index (χ1) is 12.7. The second kappa shape index (κ2) is 7.37. The molecule has 0 aromatic heterocycles. The standard InChI is InChI=1S/C20H26N2O4/c23-18-20(9-11-25-12-10-20)21-19(24)22(18)16-6-4-5-15(13-16)14-26-17-7-2-1-3-8-17/h4-6,13,17H,1-3,7-12,14H2,(H,21,24). The highest BCUT2D eigenvalue weighted by molar-refractivity contribution is 6.23. The predicted molar refractivity (Wildman–Crippen MR) is 96.9 cm³/mol. The fourth-order valence-electron chi connectivity index (χ4n) is 4.14. The molecule has 6 heteroatoms. The molecule has 2 aliphatic heterocycles. The zero-order valence-electron chi connectivity index (χ0n) is 15.0. The molecule has 26 heavy (non-hydrogen) atoms. The lowest BCUT2D eigenvalue weighted by Gasteiger charge is -2.30. The number of urea groups is 1. The van der Waals surface area contributed by atoms with Crippen molar-refractivity contribution in [3.63, 3.8) is 0 Å². The van der Waals surface area contributed by atoms with E-state index in [1.807, 2.05) is 18.2 Å². The van der Waals surface area contributed by atoms with E-state index in [-0.39, 0.29) is 11.9 Å². The molecule has 1 aliphatic carbocycles. The van der Waals surface area contributed by atoms with E-state index in [2.05, 4.69) is 5.32 Å². The summed E-state index contributed by atoms with van der Waals surface area (Å²) in [5.74, 6) is -0.170. The van der Waals surface area contributed by atoms with Crippen LogP contribution in [0.25, 0.3) is 0 Å². The second-order valence-corrected chi connectivity index (χ2v) is 7.51. The van der Waals surface area contributed by atoms with Crippen molar-refractivity contribution in [2.45, 2.75) is 63.2 Å². The first kappa shape index (κ1) is 17.5. The van der Waals surface area contributed by atoms with E-state index in [9.17, 15) is 9.59 Å². The molecule has 3 amide bonds. The first-order valence-corrected chi connectivity index (χ1v) is 9.63. The van der Waals surface area contributed by atoms with E-state index >= 15 is 0 Å². The molecular weight excluding hydrogens is 332 g/mol. The average molecular weight is 358 g/mol. The molecular formula is C20H26N2O4. The van der Waals surface area contributed by atoms with Gasteiger partial charge in [-0.25, -0.2) is 9.69 Å². The number of ether oxygens (including phenoxy) is 2. The van der Waals surface area contributed by atoms with E-state index < -0.39 is 5.54 Å². The predicted octanol–water partition coefficient (Wildman–Crippen LogP) is 3.14. The molecule has 0 radical (unpaired) electrons. The van der Waals surface area contributed by atoms with Gasteiger partial charge < -0.3 is 14.8 Å². The highest BCUT2D eigenvalue weighted by Crippen LogP contribution is 2.32. The molecule has 1 N–H and O–H groups in total. The minimum Gasteiger partial charge on any atom is -0.381 e. The van der Waals surface area contributed by atoms with Crippen molar-refractivity contribution < 1.29 is 19.1 Å². The molecule has 3 aliphatic rings. The quantitative estimate of drug-likeness (QED) is 0.840. The van der Waals surface area contributed by atoms with Crippen LogP contribution < -0.4 is 10.2 Å². The maximum atomic E-state index is 13.0. The Kier molecular flexibility index (Phi) is 4.96. The van der Waals surface area contributed by atoms with Crippen molar-refractivity contribution in [3.05, 3.63) is 29.8 Å². The van der Waals surface area contributed by atoms with Crippen molar-refractivity contribution in [2.75, 3.05) is 18.1 Å². The summed E-state index contributed by atoms with van der Waals surface area (Å²) in [4.78, 5) is 26.7. The summed E-state index contributed by atoms with van der Waals surface area (Å²) in [6.07, 6.45) is 7.40. The zero-order valence-corrected chi connectivity index (χ0v) is 15.0. The third-order valence-corrected chi connectivity index (χ3v) is 5.71. The molecule has 0 bridgehead atoms. The van der Waals surface area contributed by atoms with Gasteiger partial charge in [0.05, 0.1) is 18.4 Å². The molecule has 3 fully saturated rings. The lowest BCUT2D eigenvalue weighted by molar-refractivity contribution is -0.125. The molecule has 2 heterocycles. The summed E-state index contributed by atoms with van der Waals surface area (Å²) in [6, 6.07) is 7.21. The van der Waals surface area contributed by atoms with Crippen LogP contribution in [0.5, 0.6) is 0 Å². The Morgan fingerprint density at radius 2 is 1.92 bits per heavy atom. The van der Waals surface area contributed by atoms with Gasteiger partial charge in [-0.2, -0.15) is 0 Å². The summed E-state index contributed by atoms with van der Waals surface area (Å²) < 4.78 is 11.4. The molecule has 1 aromatic carbocycles. The summed E-state index contributed by atoms with van der Waals surface area (Å²) >= 11 is 0. The Hall–Kier alpha value is -1.92. The van der Waals surface area contributed by atoms with Crippen LogP contribution in [-0.4, -0.2) is 36.8 Å². The van der Waals surface area contributed by atoms with Crippen molar-refractivity contribution >= 4 is 17.6 Å². The number of nitrogens with zero attached hydrogens (tertiary/aromatic N) is 1. The van der Waals surface area contributed by atoms with Crippen LogP contribution in [-0.2, 0) is 20.9 Å². The fraction of sp³-hybridized carbons (Fsp3) is 0.600. The van der Waals surface area contributed by atoms with Gasteiger partial charge in [0, 0.05) is 26.1 Å². The average Bonchev–Trinajstić information content (AvgIpc) is 2.91. The normalized spacial score (nSPS) is 23.5. The van der Waals surface area contributed by atoms with Crippen LogP contribution in [0.4, 0.5) is 10.5 Å². The van der Waals surface area contributed by atoms with Crippen molar-refractivity contribution in [2.24, 2.45) is 0 Å². The Morgan fingerprint density at radius 1 is 1.15 bits per heavy atom. The number of imide groups is 1. The first-order valence-electron chi connectivity index (χ1n) is 9.63. The van der Waals surface area contributed by atoms with Gasteiger partial charge in [0.25, 0.3) is 5.91 Å². The van der Waals surface area contributed by atoms with Gasteiger partial charge in [-0.1, -0.05) is 31.4 Å². The summed E-state index contributed by atoms with van der Waals surface area (Å²) in [5.41, 5.74) is 0.798. The third-order valence-electron chi connectivity index (χ3n) is 5.71. The smallest absolute Gasteiger partial charge is 0.329 e. The van der Waals surface area contributed by atoms with Gasteiger partial charge in [0.15, 0.2) is 0 Å². The Morgan fingerprint density at radius 3 is 2.69 bits per heavy atom. The van der Waals surface area contributed by atoms with E-state index in [0.29, 0.717) is 44.5 Å². The highest BCUT2D eigenvalue weighted by Gasteiger charge is 2.52. The zero-order chi connectivity index (χ0) is 18.0. The topological polar surface area (TPSA) is 67.9 Å². The van der Waals surface area contributed by atoms with E-state index in [4.69, 9.17) is 9.47 Å². The number of carbonyl (C=O) groups excluding carboxylic acids is 2. The van der Waals surface area contributed by atoms with Crippen LogP contribution in [0, 0.1) is 0 Å². The summed E-state index contributed by atoms with van der Waals surface area (Å²) in [7, 11) is 0. The van der Waals surface area contributed by atoms with Crippen molar-refractivity contribution in [1.29, 1.82) is 0 Å². The summed E-state index contributed by atoms with van der Waals surface area (Å²) in [6.45, 7) is 1.51. The van der Waals surface area contributed by atoms with Crippen molar-refractivity contribution in [1.82, 2.24) is 5.32 Å². The van der Waals surface area contributed by atoms with Crippen LogP contribution >= 0.6 is 0 Å². The SMILES string of the molecule is O=C1NC2(CCOCC2)C(=O)N1c1cccc(COC2CCCCC2)c1. The number of amides is 3. The molecule has 140 valence electrons. The molecule has 0 unspecified atom stereocenters. The van der Waals surface area contributed by atoms with Crippen LogP contribution in [0.3, 0.4) is 0 Å². The molecule has 1 saturated carbocycles. The van der Waals surface area contributed by atoms with E-state index in [1.165, 1.54) is 24.2 Å². The van der Waals surface area contributed by atoms with Crippen LogP contribution in [0.15, 0.2) is 24.3 Å². The monoisotopic (exact) mass is 358 g/mol. The maximum absolute atomic E-state index is 13.0. The van der Waals surface area contributed by atoms with Gasteiger partial charge in [-0.05, 0) is 30.5 Å². The highest BCUT2D eigenvalue weighted by atomic mass is 16.5.